The molecule has 1 amide bonds. The number of anilines is 2. The number of likely N-dealkylation sites (tertiary alicyclic amines) is 1. The van der Waals surface area contributed by atoms with Crippen molar-refractivity contribution in [2.45, 2.75) is 12.8 Å². The van der Waals surface area contributed by atoms with Crippen molar-refractivity contribution in [3.8, 4) is 0 Å². The molecule has 86 valence electrons. The van der Waals surface area contributed by atoms with E-state index in [1.807, 2.05) is 4.90 Å². The van der Waals surface area contributed by atoms with E-state index in [1.165, 1.54) is 0 Å². The van der Waals surface area contributed by atoms with Crippen LogP contribution in [-0.4, -0.2) is 35.4 Å². The average molecular weight is 220 g/mol. The van der Waals surface area contributed by atoms with Gasteiger partial charge in [0.1, 0.15) is 5.82 Å². The van der Waals surface area contributed by atoms with Crippen LogP contribution >= 0.6 is 0 Å². The van der Waals surface area contributed by atoms with Gasteiger partial charge in [0.05, 0.1) is 6.54 Å². The lowest BCUT2D eigenvalue weighted by Gasteiger charge is -2.15. The fourth-order valence-electron chi connectivity index (χ4n) is 1.81. The first-order chi connectivity index (χ1) is 7.75. The molecule has 2 rings (SSSR count). The number of nitrogens with two attached hydrogens (primary N) is 1. The lowest BCUT2D eigenvalue weighted by molar-refractivity contribution is -0.128. The highest BCUT2D eigenvalue weighted by atomic mass is 16.2. The van der Waals surface area contributed by atoms with E-state index in [0.717, 1.165) is 31.6 Å². The Hall–Kier alpha value is -1.78. The predicted octanol–water partition coefficient (Wildman–Crippen LogP) is 0.698. The van der Waals surface area contributed by atoms with E-state index < -0.39 is 0 Å². The average Bonchev–Trinajstić information content (AvgIpc) is 2.79. The number of rotatable bonds is 3. The van der Waals surface area contributed by atoms with Gasteiger partial charge >= 0.3 is 0 Å². The summed E-state index contributed by atoms with van der Waals surface area (Å²) in [6.45, 7) is 2.10. The summed E-state index contributed by atoms with van der Waals surface area (Å²) in [6.07, 6.45) is 3.86. The summed E-state index contributed by atoms with van der Waals surface area (Å²) < 4.78 is 0. The van der Waals surface area contributed by atoms with Gasteiger partial charge in [-0.15, -0.1) is 0 Å². The number of pyridine rings is 1. The molecule has 1 aromatic rings. The summed E-state index contributed by atoms with van der Waals surface area (Å²) >= 11 is 0. The molecule has 0 aliphatic carbocycles. The molecule has 2 heterocycles. The van der Waals surface area contributed by atoms with Crippen LogP contribution in [0.15, 0.2) is 18.3 Å². The molecule has 1 fully saturated rings. The van der Waals surface area contributed by atoms with E-state index in [2.05, 4.69) is 10.3 Å². The predicted molar refractivity (Wildman–Crippen MR) is 63.0 cm³/mol. The summed E-state index contributed by atoms with van der Waals surface area (Å²) in [4.78, 5) is 17.5. The van der Waals surface area contributed by atoms with E-state index in [4.69, 9.17) is 5.73 Å². The summed E-state index contributed by atoms with van der Waals surface area (Å²) in [5, 5.41) is 3.05. The summed E-state index contributed by atoms with van der Waals surface area (Å²) in [5.74, 6) is 0.603. The zero-order chi connectivity index (χ0) is 11.4. The monoisotopic (exact) mass is 220 g/mol. The molecule has 1 saturated heterocycles. The number of aromatic nitrogens is 1. The molecule has 1 aliphatic rings. The van der Waals surface area contributed by atoms with E-state index in [-0.39, 0.29) is 5.91 Å². The van der Waals surface area contributed by atoms with Gasteiger partial charge in [0, 0.05) is 31.0 Å². The Morgan fingerprint density at radius 3 is 2.94 bits per heavy atom. The van der Waals surface area contributed by atoms with Gasteiger partial charge in [0.2, 0.25) is 5.91 Å². The Labute approximate surface area is 94.6 Å². The molecule has 1 aliphatic heterocycles. The Bertz CT molecular complexity index is 374. The van der Waals surface area contributed by atoms with Gasteiger partial charge in [0.15, 0.2) is 0 Å². The van der Waals surface area contributed by atoms with Crippen molar-refractivity contribution in [3.63, 3.8) is 0 Å². The SMILES string of the molecule is Nc1cc(NCC(=O)N2CCCC2)ccn1. The highest BCUT2D eigenvalue weighted by Gasteiger charge is 2.16. The fraction of sp³-hybridized carbons (Fsp3) is 0.455. The molecule has 0 radical (unpaired) electrons. The van der Waals surface area contributed by atoms with Crippen molar-refractivity contribution in [1.29, 1.82) is 0 Å². The minimum Gasteiger partial charge on any atom is -0.384 e. The molecule has 5 heteroatoms. The number of nitrogen functional groups attached to an aromatic ring is 1. The zero-order valence-corrected chi connectivity index (χ0v) is 9.15. The number of amides is 1. The topological polar surface area (TPSA) is 71.2 Å². The van der Waals surface area contributed by atoms with Crippen molar-refractivity contribution < 1.29 is 4.79 Å². The number of carbonyl (C=O) groups excluding carboxylic acids is 1. The molecule has 0 spiro atoms. The second-order valence-corrected chi connectivity index (χ2v) is 3.91. The van der Waals surface area contributed by atoms with Gasteiger partial charge in [-0.25, -0.2) is 4.98 Å². The minimum atomic E-state index is 0.146. The maximum Gasteiger partial charge on any atom is 0.241 e. The Morgan fingerprint density at radius 2 is 2.25 bits per heavy atom. The van der Waals surface area contributed by atoms with Crippen LogP contribution in [0, 0.1) is 0 Å². The molecule has 0 atom stereocenters. The summed E-state index contributed by atoms with van der Waals surface area (Å²) in [7, 11) is 0. The van der Waals surface area contributed by atoms with Crippen molar-refractivity contribution in [2.24, 2.45) is 0 Å². The summed E-state index contributed by atoms with van der Waals surface area (Å²) in [6, 6.07) is 3.52. The van der Waals surface area contributed by atoms with Crippen LogP contribution in [0.25, 0.3) is 0 Å². The molecular weight excluding hydrogens is 204 g/mol. The van der Waals surface area contributed by atoms with Crippen molar-refractivity contribution in [3.05, 3.63) is 18.3 Å². The quantitative estimate of drug-likeness (QED) is 0.786. The standard InChI is InChI=1S/C11H16N4O/c12-10-7-9(3-4-13-10)14-8-11(16)15-5-1-2-6-15/h3-4,7H,1-2,5-6,8H2,(H3,12,13,14). The fourth-order valence-corrected chi connectivity index (χ4v) is 1.81. The number of hydrogen-bond donors (Lipinski definition) is 2. The van der Waals surface area contributed by atoms with Crippen LogP contribution in [0.4, 0.5) is 11.5 Å². The first kappa shape index (κ1) is 10.7. The lowest BCUT2D eigenvalue weighted by atomic mass is 10.3. The van der Waals surface area contributed by atoms with Gasteiger partial charge in [-0.1, -0.05) is 0 Å². The number of nitrogens with one attached hydrogen (secondary N) is 1. The number of hydrogen-bond acceptors (Lipinski definition) is 4. The third-order valence-corrected chi connectivity index (χ3v) is 2.68. The highest BCUT2D eigenvalue weighted by molar-refractivity contribution is 5.81. The number of carbonyl (C=O) groups is 1. The molecule has 1 aromatic heterocycles. The minimum absolute atomic E-state index is 0.146. The Morgan fingerprint density at radius 1 is 1.50 bits per heavy atom. The van der Waals surface area contributed by atoms with Gasteiger partial charge < -0.3 is 16.0 Å². The second kappa shape index (κ2) is 4.83. The molecular formula is C11H16N4O. The normalized spacial score (nSPS) is 15.1. The van der Waals surface area contributed by atoms with Crippen molar-refractivity contribution in [1.82, 2.24) is 9.88 Å². The van der Waals surface area contributed by atoms with Crippen LogP contribution in [0.1, 0.15) is 12.8 Å². The van der Waals surface area contributed by atoms with Crippen molar-refractivity contribution in [2.75, 3.05) is 30.7 Å². The molecule has 0 saturated carbocycles. The van der Waals surface area contributed by atoms with Gasteiger partial charge in [-0.05, 0) is 18.9 Å². The third-order valence-electron chi connectivity index (χ3n) is 2.68. The smallest absolute Gasteiger partial charge is 0.241 e. The van der Waals surface area contributed by atoms with Crippen LogP contribution in [0.2, 0.25) is 0 Å². The molecule has 3 N–H and O–H groups in total. The van der Waals surface area contributed by atoms with Crippen LogP contribution in [-0.2, 0) is 4.79 Å². The first-order valence-electron chi connectivity index (χ1n) is 5.49. The molecule has 16 heavy (non-hydrogen) atoms. The Balaban J connectivity index is 1.84. The van der Waals surface area contributed by atoms with E-state index in [1.54, 1.807) is 18.3 Å². The Kier molecular flexibility index (Phi) is 3.24. The maximum absolute atomic E-state index is 11.7. The van der Waals surface area contributed by atoms with E-state index in [0.29, 0.717) is 12.4 Å². The number of nitrogens with zero attached hydrogens (tertiary/aromatic N) is 2. The third kappa shape index (κ3) is 2.62. The van der Waals surface area contributed by atoms with Gasteiger partial charge in [-0.3, -0.25) is 4.79 Å². The van der Waals surface area contributed by atoms with Gasteiger partial charge in [-0.2, -0.15) is 0 Å². The second-order valence-electron chi connectivity index (χ2n) is 3.91. The summed E-state index contributed by atoms with van der Waals surface area (Å²) in [5.41, 5.74) is 6.37. The van der Waals surface area contributed by atoms with Crippen LogP contribution < -0.4 is 11.1 Å². The molecule has 0 unspecified atom stereocenters. The zero-order valence-electron chi connectivity index (χ0n) is 9.15. The lowest BCUT2D eigenvalue weighted by Crippen LogP contribution is -2.32. The van der Waals surface area contributed by atoms with Crippen LogP contribution in [0.3, 0.4) is 0 Å². The van der Waals surface area contributed by atoms with Gasteiger partial charge in [0.25, 0.3) is 0 Å². The maximum atomic E-state index is 11.7. The molecule has 0 aromatic carbocycles. The highest BCUT2D eigenvalue weighted by Crippen LogP contribution is 2.10. The molecule has 5 nitrogen and oxygen atoms in total. The van der Waals surface area contributed by atoms with Crippen molar-refractivity contribution >= 4 is 17.4 Å². The largest absolute Gasteiger partial charge is 0.384 e. The van der Waals surface area contributed by atoms with E-state index in [9.17, 15) is 4.79 Å². The first-order valence-corrected chi connectivity index (χ1v) is 5.49. The molecule has 0 bridgehead atoms. The van der Waals surface area contributed by atoms with Crippen LogP contribution in [0.5, 0.6) is 0 Å². The van der Waals surface area contributed by atoms with E-state index >= 15 is 0 Å².